The summed E-state index contributed by atoms with van der Waals surface area (Å²) in [4.78, 5) is 26.0. The monoisotopic (exact) mass is 435 g/mol. The molecule has 8 nitrogen and oxygen atoms in total. The molecule has 0 spiro atoms. The third-order valence-electron chi connectivity index (χ3n) is 5.76. The maximum atomic E-state index is 12.6. The number of aliphatic hydroxyl groups is 1. The van der Waals surface area contributed by atoms with Crippen LogP contribution in [0.4, 0.5) is 0 Å². The average molecular weight is 436 g/mol. The Morgan fingerprint density at radius 1 is 1.09 bits per heavy atom. The number of cyclic esters (lactones) is 1. The average Bonchev–Trinajstić information content (AvgIpc) is 3.17. The number of hydrogen-bond acceptors (Lipinski definition) is 7. The van der Waals surface area contributed by atoms with Gasteiger partial charge >= 0.3 is 5.97 Å². The number of fused-ring (bicyclic) bond motifs is 1. The number of rotatable bonds is 7. The van der Waals surface area contributed by atoms with Gasteiger partial charge in [0.15, 0.2) is 5.82 Å². The minimum absolute atomic E-state index is 0.0594. The van der Waals surface area contributed by atoms with Gasteiger partial charge in [-0.15, -0.1) is 5.10 Å². The predicted octanol–water partition coefficient (Wildman–Crippen LogP) is 3.56. The van der Waals surface area contributed by atoms with Crippen molar-refractivity contribution in [2.45, 2.75) is 72.3 Å². The first-order valence-corrected chi connectivity index (χ1v) is 11.2. The maximum Gasteiger partial charge on any atom is 0.338 e. The van der Waals surface area contributed by atoms with Gasteiger partial charge in [0.2, 0.25) is 0 Å². The van der Waals surface area contributed by atoms with E-state index < -0.39 is 5.97 Å². The molecule has 0 radical (unpaired) electrons. The second-order valence-corrected chi connectivity index (χ2v) is 8.32. The van der Waals surface area contributed by atoms with Crippen LogP contribution in [-0.2, 0) is 35.2 Å². The number of carbonyl (C=O) groups is 1. The van der Waals surface area contributed by atoms with Crippen molar-refractivity contribution in [3.05, 3.63) is 63.7 Å². The number of nitrogens with zero attached hydrogens (tertiary/aromatic N) is 5. The van der Waals surface area contributed by atoms with Crippen molar-refractivity contribution in [2.24, 2.45) is 0 Å². The summed E-state index contributed by atoms with van der Waals surface area (Å²) in [6.07, 6.45) is 3.25. The zero-order valence-electron chi connectivity index (χ0n) is 19.1. The molecule has 8 heteroatoms. The lowest BCUT2D eigenvalue weighted by molar-refractivity contribution is -0.147. The number of aryl methyl sites for hydroxylation is 5. The molecule has 1 aliphatic heterocycles. The highest BCUT2D eigenvalue weighted by Gasteiger charge is 2.30. The number of hydrogen-bond donors (Lipinski definition) is 1. The van der Waals surface area contributed by atoms with E-state index in [9.17, 15) is 9.90 Å². The molecule has 0 saturated heterocycles. The fraction of sp³-hybridized carbons (Fsp3) is 0.458. The Bertz CT molecular complexity index is 1180. The van der Waals surface area contributed by atoms with Gasteiger partial charge in [-0.2, -0.15) is 4.98 Å². The molecular formula is C24H29N5O3. The maximum absolute atomic E-state index is 12.6. The minimum Gasteiger partial charge on any atom is -0.512 e. The third kappa shape index (κ3) is 4.64. The fourth-order valence-electron chi connectivity index (χ4n) is 4.05. The first-order valence-electron chi connectivity index (χ1n) is 11.2. The van der Waals surface area contributed by atoms with Crippen molar-refractivity contribution in [1.82, 2.24) is 24.6 Å². The van der Waals surface area contributed by atoms with Crippen molar-refractivity contribution in [3.63, 3.8) is 0 Å². The fourth-order valence-corrected chi connectivity index (χ4v) is 4.05. The second-order valence-electron chi connectivity index (χ2n) is 8.32. The normalized spacial score (nSPS) is 16.6. The van der Waals surface area contributed by atoms with Crippen LogP contribution in [0.2, 0.25) is 0 Å². The van der Waals surface area contributed by atoms with Crippen molar-refractivity contribution < 1.29 is 14.6 Å². The Labute approximate surface area is 187 Å². The van der Waals surface area contributed by atoms with Gasteiger partial charge in [0, 0.05) is 35.6 Å². The highest BCUT2D eigenvalue weighted by molar-refractivity contribution is 5.90. The number of pyridine rings is 1. The predicted molar refractivity (Wildman–Crippen MR) is 119 cm³/mol. The van der Waals surface area contributed by atoms with Crippen LogP contribution in [0.25, 0.3) is 5.78 Å². The molecule has 3 aromatic rings. The smallest absolute Gasteiger partial charge is 0.338 e. The molecule has 0 amide bonds. The summed E-state index contributed by atoms with van der Waals surface area (Å²) < 4.78 is 7.28. The summed E-state index contributed by atoms with van der Waals surface area (Å²) in [6, 6.07) is 6.13. The van der Waals surface area contributed by atoms with Gasteiger partial charge in [0.25, 0.3) is 5.78 Å². The highest BCUT2D eigenvalue weighted by atomic mass is 16.5. The zero-order chi connectivity index (χ0) is 22.8. The lowest BCUT2D eigenvalue weighted by atomic mass is 9.98. The van der Waals surface area contributed by atoms with Crippen LogP contribution in [0, 0.1) is 13.8 Å². The first-order chi connectivity index (χ1) is 15.4. The van der Waals surface area contributed by atoms with Crippen LogP contribution in [0.5, 0.6) is 0 Å². The molecule has 1 aliphatic rings. The highest BCUT2D eigenvalue weighted by Crippen LogP contribution is 2.25. The third-order valence-corrected chi connectivity index (χ3v) is 5.76. The van der Waals surface area contributed by atoms with Gasteiger partial charge in [-0.3, -0.25) is 4.98 Å². The first kappa shape index (κ1) is 21.9. The Balaban J connectivity index is 1.45. The molecule has 0 aromatic carbocycles. The van der Waals surface area contributed by atoms with Gasteiger partial charge in [0.1, 0.15) is 11.9 Å². The van der Waals surface area contributed by atoms with Crippen LogP contribution >= 0.6 is 0 Å². The summed E-state index contributed by atoms with van der Waals surface area (Å²) in [6.45, 7) is 8.00. The van der Waals surface area contributed by atoms with Gasteiger partial charge in [0.05, 0.1) is 5.57 Å². The molecular weight excluding hydrogens is 406 g/mol. The summed E-state index contributed by atoms with van der Waals surface area (Å²) in [5.74, 6) is 0.467. The van der Waals surface area contributed by atoms with Crippen molar-refractivity contribution in [2.75, 3.05) is 0 Å². The van der Waals surface area contributed by atoms with Crippen molar-refractivity contribution >= 4 is 11.7 Å². The lowest BCUT2D eigenvalue weighted by Crippen LogP contribution is -2.28. The van der Waals surface area contributed by atoms with E-state index in [0.29, 0.717) is 24.4 Å². The molecule has 168 valence electrons. The Morgan fingerprint density at radius 2 is 1.81 bits per heavy atom. The minimum atomic E-state index is -0.503. The van der Waals surface area contributed by atoms with Crippen LogP contribution < -0.4 is 0 Å². The van der Waals surface area contributed by atoms with Gasteiger partial charge < -0.3 is 9.84 Å². The van der Waals surface area contributed by atoms with Crippen molar-refractivity contribution in [3.8, 4) is 0 Å². The number of ether oxygens (including phenoxy) is 1. The van der Waals surface area contributed by atoms with Crippen LogP contribution in [-0.4, -0.2) is 41.7 Å². The van der Waals surface area contributed by atoms with Crippen molar-refractivity contribution in [1.29, 1.82) is 0 Å². The van der Waals surface area contributed by atoms with Gasteiger partial charge in [-0.25, -0.2) is 14.3 Å². The molecule has 1 unspecified atom stereocenters. The molecule has 0 saturated carbocycles. The molecule has 4 heterocycles. The lowest BCUT2D eigenvalue weighted by Gasteiger charge is -2.24. The second kappa shape index (κ2) is 9.06. The largest absolute Gasteiger partial charge is 0.512 e. The molecule has 1 atom stereocenters. The van der Waals surface area contributed by atoms with E-state index in [0.717, 1.165) is 42.0 Å². The van der Waals surface area contributed by atoms with E-state index in [1.54, 1.807) is 4.52 Å². The summed E-state index contributed by atoms with van der Waals surface area (Å²) in [5, 5.41) is 15.0. The van der Waals surface area contributed by atoms with E-state index in [4.69, 9.17) is 4.74 Å². The van der Waals surface area contributed by atoms with E-state index in [-0.39, 0.29) is 23.9 Å². The standard InChI is InChI=1S/C24H29N5O3/c1-5-17-10-16(11-18(6-2)26-17)7-8-19-12-21(30)20(23(31)32-19)13-22-27-24-25-14(3)9-15(4)29(24)28-22/h9-11,19,30H,5-8,12-13H2,1-4H3. The summed E-state index contributed by atoms with van der Waals surface area (Å²) >= 11 is 0. The number of carbonyl (C=O) groups excluding carboxylic acids is 1. The Kier molecular flexibility index (Phi) is 6.21. The SMILES string of the molecule is CCc1cc(CCC2CC(O)=C(Cc3nc4nc(C)cc(C)n4n3)C(=O)O2)cc(CC)n1. The molecule has 0 bridgehead atoms. The Hall–Kier alpha value is -3.29. The Morgan fingerprint density at radius 3 is 2.47 bits per heavy atom. The van der Waals surface area contributed by atoms with E-state index in [1.807, 2.05) is 19.9 Å². The van der Waals surface area contributed by atoms with Crippen LogP contribution in [0.3, 0.4) is 0 Å². The molecule has 0 aliphatic carbocycles. The molecule has 32 heavy (non-hydrogen) atoms. The van der Waals surface area contributed by atoms with Crippen LogP contribution in [0.1, 0.15) is 60.9 Å². The number of esters is 1. The summed E-state index contributed by atoms with van der Waals surface area (Å²) in [5.41, 5.74) is 5.31. The van der Waals surface area contributed by atoms with E-state index in [1.165, 1.54) is 5.56 Å². The van der Waals surface area contributed by atoms with Gasteiger partial charge in [-0.1, -0.05) is 13.8 Å². The molecule has 1 N–H and O–H groups in total. The van der Waals surface area contributed by atoms with E-state index >= 15 is 0 Å². The summed E-state index contributed by atoms with van der Waals surface area (Å²) in [7, 11) is 0. The molecule has 0 fully saturated rings. The van der Waals surface area contributed by atoms with E-state index in [2.05, 4.69) is 46.0 Å². The number of aliphatic hydroxyl groups excluding tert-OH is 1. The number of aromatic nitrogens is 5. The quantitative estimate of drug-likeness (QED) is 0.566. The van der Waals surface area contributed by atoms with Gasteiger partial charge in [-0.05, 0) is 63.3 Å². The molecule has 3 aromatic heterocycles. The van der Waals surface area contributed by atoms with Crippen LogP contribution in [0.15, 0.2) is 29.5 Å². The zero-order valence-corrected chi connectivity index (χ0v) is 19.1. The molecule has 4 rings (SSSR count). The topological polar surface area (TPSA) is 102 Å².